The van der Waals surface area contributed by atoms with Gasteiger partial charge in [0.05, 0.1) is 6.04 Å². The van der Waals surface area contributed by atoms with Gasteiger partial charge in [0, 0.05) is 18.7 Å². The fraction of sp³-hybridized carbons (Fsp3) is 0.727. The van der Waals surface area contributed by atoms with Gasteiger partial charge in [0.25, 0.3) is 5.56 Å². The zero-order valence-electron chi connectivity index (χ0n) is 10.1. The largest absolute Gasteiger partial charge is 0.384 e. The molecule has 90 valence electrons. The van der Waals surface area contributed by atoms with E-state index in [-0.39, 0.29) is 5.56 Å². The van der Waals surface area contributed by atoms with Crippen LogP contribution in [0.2, 0.25) is 0 Å². The fourth-order valence-electron chi connectivity index (χ4n) is 2.57. The molecule has 1 aromatic heterocycles. The molecule has 5 nitrogen and oxygen atoms in total. The highest BCUT2D eigenvalue weighted by Gasteiger charge is 2.31. The standard InChI is InChI=1S/C11H20N4O/c1-7-6-14(3)8(2)4-9(7)15-10(12)5-11(16)13-15/h5,7-9H,4,6,12H2,1-3H3,(H,13,16). The first-order valence-corrected chi connectivity index (χ1v) is 5.76. The van der Waals surface area contributed by atoms with E-state index in [2.05, 4.69) is 30.9 Å². The van der Waals surface area contributed by atoms with Crippen LogP contribution in [0.1, 0.15) is 26.3 Å². The summed E-state index contributed by atoms with van der Waals surface area (Å²) < 4.78 is 1.83. The van der Waals surface area contributed by atoms with Crippen LogP contribution in [0.3, 0.4) is 0 Å². The second-order valence-electron chi connectivity index (χ2n) is 4.98. The maximum Gasteiger partial charge on any atom is 0.266 e. The highest BCUT2D eigenvalue weighted by atomic mass is 16.1. The van der Waals surface area contributed by atoms with Crippen LogP contribution < -0.4 is 11.3 Å². The molecule has 0 spiro atoms. The van der Waals surface area contributed by atoms with E-state index in [0.29, 0.717) is 23.8 Å². The number of nitrogens with two attached hydrogens (primary N) is 1. The van der Waals surface area contributed by atoms with Gasteiger partial charge in [0.15, 0.2) is 0 Å². The van der Waals surface area contributed by atoms with Crippen molar-refractivity contribution in [3.05, 3.63) is 16.4 Å². The molecule has 0 amide bonds. The lowest BCUT2D eigenvalue weighted by molar-refractivity contribution is 0.102. The molecule has 0 bridgehead atoms. The number of nitrogen functional groups attached to an aromatic ring is 1. The van der Waals surface area contributed by atoms with Crippen molar-refractivity contribution in [2.45, 2.75) is 32.4 Å². The van der Waals surface area contributed by atoms with Crippen molar-refractivity contribution >= 4 is 5.82 Å². The maximum absolute atomic E-state index is 11.2. The minimum Gasteiger partial charge on any atom is -0.384 e. The Morgan fingerprint density at radius 2 is 2.19 bits per heavy atom. The number of aromatic amines is 1. The number of aromatic nitrogens is 2. The quantitative estimate of drug-likeness (QED) is 0.736. The molecule has 16 heavy (non-hydrogen) atoms. The summed E-state index contributed by atoms with van der Waals surface area (Å²) in [5.74, 6) is 1.03. The predicted octanol–water partition coefficient (Wildman–Crippen LogP) is 0.660. The van der Waals surface area contributed by atoms with Gasteiger partial charge < -0.3 is 10.6 Å². The van der Waals surface area contributed by atoms with Gasteiger partial charge in [-0.3, -0.25) is 14.6 Å². The molecule has 2 rings (SSSR count). The summed E-state index contributed by atoms with van der Waals surface area (Å²) in [7, 11) is 2.14. The molecule has 1 aliphatic rings. The Morgan fingerprint density at radius 3 is 2.75 bits per heavy atom. The number of H-pyrrole nitrogens is 1. The highest BCUT2D eigenvalue weighted by molar-refractivity contribution is 5.27. The normalized spacial score (nSPS) is 31.8. The van der Waals surface area contributed by atoms with Gasteiger partial charge in [0.2, 0.25) is 0 Å². The summed E-state index contributed by atoms with van der Waals surface area (Å²) in [6.07, 6.45) is 1.02. The summed E-state index contributed by atoms with van der Waals surface area (Å²) in [4.78, 5) is 13.6. The monoisotopic (exact) mass is 224 g/mol. The molecule has 5 heteroatoms. The predicted molar refractivity (Wildman–Crippen MR) is 64.4 cm³/mol. The topological polar surface area (TPSA) is 67.0 Å². The van der Waals surface area contributed by atoms with Crippen LogP contribution in [-0.2, 0) is 0 Å². The van der Waals surface area contributed by atoms with Crippen molar-refractivity contribution in [2.24, 2.45) is 5.92 Å². The van der Waals surface area contributed by atoms with Crippen molar-refractivity contribution in [2.75, 3.05) is 19.3 Å². The first-order valence-electron chi connectivity index (χ1n) is 5.76. The zero-order valence-corrected chi connectivity index (χ0v) is 10.1. The summed E-state index contributed by atoms with van der Waals surface area (Å²) in [6, 6.07) is 2.27. The summed E-state index contributed by atoms with van der Waals surface area (Å²) in [5.41, 5.74) is 5.72. The van der Waals surface area contributed by atoms with Crippen LogP contribution in [0.25, 0.3) is 0 Å². The molecule has 0 aliphatic carbocycles. The molecule has 3 unspecified atom stereocenters. The van der Waals surface area contributed by atoms with E-state index in [0.717, 1.165) is 13.0 Å². The number of anilines is 1. The Labute approximate surface area is 95.2 Å². The van der Waals surface area contributed by atoms with Crippen molar-refractivity contribution in [3.8, 4) is 0 Å². The number of hydrogen-bond donors (Lipinski definition) is 2. The van der Waals surface area contributed by atoms with Crippen LogP contribution in [0.4, 0.5) is 5.82 Å². The van der Waals surface area contributed by atoms with Crippen LogP contribution >= 0.6 is 0 Å². The van der Waals surface area contributed by atoms with Gasteiger partial charge in [-0.05, 0) is 26.3 Å². The number of rotatable bonds is 1. The molecule has 0 radical (unpaired) electrons. The molecular weight excluding hydrogens is 204 g/mol. The van der Waals surface area contributed by atoms with Crippen LogP contribution in [0.15, 0.2) is 10.9 Å². The van der Waals surface area contributed by atoms with E-state index in [9.17, 15) is 4.79 Å². The lowest BCUT2D eigenvalue weighted by Gasteiger charge is -2.40. The van der Waals surface area contributed by atoms with E-state index >= 15 is 0 Å². The molecule has 0 aromatic carbocycles. The van der Waals surface area contributed by atoms with Gasteiger partial charge in [-0.15, -0.1) is 0 Å². The van der Waals surface area contributed by atoms with Gasteiger partial charge >= 0.3 is 0 Å². The maximum atomic E-state index is 11.2. The molecule has 1 saturated heterocycles. The Balaban J connectivity index is 2.27. The molecule has 2 heterocycles. The van der Waals surface area contributed by atoms with Gasteiger partial charge in [-0.1, -0.05) is 6.92 Å². The Hall–Kier alpha value is -1.23. The van der Waals surface area contributed by atoms with E-state index in [1.165, 1.54) is 6.07 Å². The Bertz CT molecular complexity index is 422. The average molecular weight is 224 g/mol. The number of likely N-dealkylation sites (tertiary alicyclic amines) is 1. The molecule has 0 saturated carbocycles. The first kappa shape index (κ1) is 11.3. The fourth-order valence-corrected chi connectivity index (χ4v) is 2.57. The van der Waals surface area contributed by atoms with E-state index < -0.39 is 0 Å². The van der Waals surface area contributed by atoms with Gasteiger partial charge in [-0.2, -0.15) is 0 Å². The van der Waals surface area contributed by atoms with Crippen molar-refractivity contribution in [3.63, 3.8) is 0 Å². The smallest absolute Gasteiger partial charge is 0.266 e. The second kappa shape index (κ2) is 3.97. The highest BCUT2D eigenvalue weighted by Crippen LogP contribution is 2.31. The molecule has 1 aromatic rings. The van der Waals surface area contributed by atoms with E-state index in [1.807, 2.05) is 4.68 Å². The van der Waals surface area contributed by atoms with E-state index in [1.54, 1.807) is 0 Å². The third-order valence-corrected chi connectivity index (χ3v) is 3.69. The molecule has 3 atom stereocenters. The second-order valence-corrected chi connectivity index (χ2v) is 4.98. The zero-order chi connectivity index (χ0) is 11.9. The number of nitrogens with zero attached hydrogens (tertiary/aromatic N) is 2. The third-order valence-electron chi connectivity index (χ3n) is 3.69. The van der Waals surface area contributed by atoms with Crippen molar-refractivity contribution in [1.29, 1.82) is 0 Å². The molecule has 1 aliphatic heterocycles. The van der Waals surface area contributed by atoms with Crippen LogP contribution in [0.5, 0.6) is 0 Å². The SMILES string of the molecule is CC1CN(C)C(C)CC1n1[nH]c(=O)cc1N. The summed E-state index contributed by atoms with van der Waals surface area (Å²) in [5, 5.41) is 2.80. The molecular formula is C11H20N4O. The van der Waals surface area contributed by atoms with Crippen molar-refractivity contribution < 1.29 is 0 Å². The minimum atomic E-state index is -0.115. The molecule has 3 N–H and O–H groups in total. The third kappa shape index (κ3) is 1.87. The van der Waals surface area contributed by atoms with Crippen LogP contribution in [0, 0.1) is 5.92 Å². The Kier molecular flexibility index (Phi) is 2.80. The van der Waals surface area contributed by atoms with Gasteiger partial charge in [-0.25, -0.2) is 0 Å². The van der Waals surface area contributed by atoms with Gasteiger partial charge in [0.1, 0.15) is 5.82 Å². The van der Waals surface area contributed by atoms with Crippen LogP contribution in [-0.4, -0.2) is 34.3 Å². The molecule has 1 fully saturated rings. The van der Waals surface area contributed by atoms with E-state index in [4.69, 9.17) is 5.73 Å². The number of hydrogen-bond acceptors (Lipinski definition) is 3. The minimum absolute atomic E-state index is 0.115. The number of nitrogens with one attached hydrogen (secondary N) is 1. The average Bonchev–Trinajstić information content (AvgIpc) is 2.51. The first-order chi connectivity index (χ1) is 7.49. The van der Waals surface area contributed by atoms with Crippen molar-refractivity contribution in [1.82, 2.24) is 14.7 Å². The Morgan fingerprint density at radius 1 is 1.50 bits per heavy atom. The lowest BCUT2D eigenvalue weighted by atomic mass is 9.90. The lowest BCUT2D eigenvalue weighted by Crippen LogP contribution is -2.44. The number of piperidine rings is 1. The summed E-state index contributed by atoms with van der Waals surface area (Å²) in [6.45, 7) is 5.44. The summed E-state index contributed by atoms with van der Waals surface area (Å²) >= 11 is 0.